The van der Waals surface area contributed by atoms with Crippen molar-refractivity contribution in [2.45, 2.75) is 60.2 Å². The zero-order valence-electron chi connectivity index (χ0n) is 13.4. The molecule has 0 fully saturated rings. The summed E-state index contributed by atoms with van der Waals surface area (Å²) in [5, 5.41) is 5.73. The summed E-state index contributed by atoms with van der Waals surface area (Å²) < 4.78 is 0. The van der Waals surface area contributed by atoms with E-state index in [0.29, 0.717) is 12.1 Å². The highest BCUT2D eigenvalue weighted by Gasteiger charge is 2.28. The Kier molecular flexibility index (Phi) is 6.51. The molecule has 0 aliphatic rings. The second kappa shape index (κ2) is 7.41. The minimum atomic E-state index is 0.275. The largest absolute Gasteiger partial charge is 0.314 e. The van der Waals surface area contributed by atoms with Crippen molar-refractivity contribution in [3.05, 3.63) is 22.4 Å². The van der Waals surface area contributed by atoms with Crippen molar-refractivity contribution in [2.75, 3.05) is 13.1 Å². The maximum absolute atomic E-state index is 3.56. The van der Waals surface area contributed by atoms with Crippen LogP contribution >= 0.6 is 11.3 Å². The Balaban J connectivity index is 2.67. The van der Waals surface area contributed by atoms with E-state index in [1.807, 2.05) is 11.3 Å². The Morgan fingerprint density at radius 1 is 1.32 bits per heavy atom. The summed E-state index contributed by atoms with van der Waals surface area (Å²) in [7, 11) is 0. The maximum Gasteiger partial charge on any atom is 0.0330 e. The van der Waals surface area contributed by atoms with Gasteiger partial charge in [-0.15, -0.1) is 11.3 Å². The molecule has 1 aromatic rings. The molecule has 0 bridgehead atoms. The van der Waals surface area contributed by atoms with Gasteiger partial charge in [0.15, 0.2) is 0 Å². The van der Waals surface area contributed by atoms with Crippen LogP contribution in [0.3, 0.4) is 0 Å². The lowest BCUT2D eigenvalue weighted by Crippen LogP contribution is -2.48. The van der Waals surface area contributed by atoms with Gasteiger partial charge in [-0.05, 0) is 44.2 Å². The lowest BCUT2D eigenvalue weighted by Gasteiger charge is -2.39. The van der Waals surface area contributed by atoms with E-state index in [0.717, 1.165) is 19.6 Å². The second-order valence-electron chi connectivity index (χ2n) is 6.35. The Morgan fingerprint density at radius 2 is 2.00 bits per heavy atom. The van der Waals surface area contributed by atoms with Gasteiger partial charge >= 0.3 is 0 Å². The second-order valence-corrected chi connectivity index (χ2v) is 7.38. The first-order chi connectivity index (χ1) is 8.86. The van der Waals surface area contributed by atoms with Gasteiger partial charge < -0.3 is 5.32 Å². The zero-order chi connectivity index (χ0) is 14.5. The van der Waals surface area contributed by atoms with E-state index in [4.69, 9.17) is 0 Å². The van der Waals surface area contributed by atoms with Crippen molar-refractivity contribution in [2.24, 2.45) is 5.41 Å². The minimum absolute atomic E-state index is 0.275. The van der Waals surface area contributed by atoms with E-state index in [9.17, 15) is 0 Å². The zero-order valence-corrected chi connectivity index (χ0v) is 14.2. The first-order valence-electron chi connectivity index (χ1n) is 7.36. The van der Waals surface area contributed by atoms with E-state index < -0.39 is 0 Å². The van der Waals surface area contributed by atoms with Gasteiger partial charge in [-0.25, -0.2) is 0 Å². The van der Waals surface area contributed by atoms with Crippen LogP contribution in [-0.2, 0) is 6.54 Å². The van der Waals surface area contributed by atoms with Crippen LogP contribution in [0.2, 0.25) is 0 Å². The molecule has 0 aliphatic heterocycles. The topological polar surface area (TPSA) is 15.3 Å². The number of hydrogen-bond acceptors (Lipinski definition) is 3. The van der Waals surface area contributed by atoms with Gasteiger partial charge in [0.2, 0.25) is 0 Å². The van der Waals surface area contributed by atoms with Crippen LogP contribution in [0.15, 0.2) is 17.5 Å². The van der Waals surface area contributed by atoms with Gasteiger partial charge in [-0.3, -0.25) is 4.90 Å². The van der Waals surface area contributed by atoms with Gasteiger partial charge in [0, 0.05) is 30.1 Å². The summed E-state index contributed by atoms with van der Waals surface area (Å²) in [5.41, 5.74) is 0.275. The third-order valence-electron chi connectivity index (χ3n) is 3.96. The molecule has 0 saturated heterocycles. The van der Waals surface area contributed by atoms with Crippen LogP contribution in [0.4, 0.5) is 0 Å². The maximum atomic E-state index is 3.56. The van der Waals surface area contributed by atoms with E-state index in [-0.39, 0.29) is 5.41 Å². The lowest BCUT2D eigenvalue weighted by molar-refractivity contribution is 0.112. The average Bonchev–Trinajstić information content (AvgIpc) is 2.81. The van der Waals surface area contributed by atoms with Crippen LogP contribution in [0.25, 0.3) is 0 Å². The Morgan fingerprint density at radius 3 is 2.47 bits per heavy atom. The summed E-state index contributed by atoms with van der Waals surface area (Å²) in [6.45, 7) is 17.0. The Bertz CT molecular complexity index is 344. The molecule has 0 aromatic carbocycles. The first kappa shape index (κ1) is 16.7. The van der Waals surface area contributed by atoms with Crippen LogP contribution in [0.1, 0.15) is 46.4 Å². The summed E-state index contributed by atoms with van der Waals surface area (Å²) in [6, 6.07) is 5.49. The molecular formula is C16H30N2S. The summed E-state index contributed by atoms with van der Waals surface area (Å²) in [4.78, 5) is 4.04. The van der Waals surface area contributed by atoms with Crippen molar-refractivity contribution >= 4 is 11.3 Å². The standard InChI is InChI=1S/C16H30N2S/c1-7-17-14(4)16(5,6)12-18(13(2)3)11-15-9-8-10-19-15/h8-10,13-14,17H,7,11-12H2,1-6H3. The number of nitrogens with one attached hydrogen (secondary N) is 1. The molecule has 19 heavy (non-hydrogen) atoms. The molecule has 1 aromatic heterocycles. The molecule has 0 amide bonds. The van der Waals surface area contributed by atoms with E-state index in [1.165, 1.54) is 4.88 Å². The third-order valence-corrected chi connectivity index (χ3v) is 4.82. The quantitative estimate of drug-likeness (QED) is 0.776. The van der Waals surface area contributed by atoms with Gasteiger partial charge in [0.25, 0.3) is 0 Å². The molecule has 1 unspecified atom stereocenters. The van der Waals surface area contributed by atoms with Crippen LogP contribution in [0, 0.1) is 5.41 Å². The molecule has 1 heterocycles. The molecule has 1 atom stereocenters. The van der Waals surface area contributed by atoms with Crippen molar-refractivity contribution in [3.8, 4) is 0 Å². The number of hydrogen-bond donors (Lipinski definition) is 1. The molecule has 0 radical (unpaired) electrons. The fraction of sp³-hybridized carbons (Fsp3) is 0.750. The summed E-state index contributed by atoms with van der Waals surface area (Å²) in [6.07, 6.45) is 0. The monoisotopic (exact) mass is 282 g/mol. The predicted octanol–water partition coefficient (Wildman–Crippen LogP) is 3.98. The average molecular weight is 282 g/mol. The van der Waals surface area contributed by atoms with Crippen molar-refractivity contribution in [1.82, 2.24) is 10.2 Å². The van der Waals surface area contributed by atoms with Gasteiger partial charge in [-0.1, -0.05) is 26.8 Å². The third kappa shape index (κ3) is 5.25. The Labute approximate surface area is 123 Å². The number of nitrogens with zero attached hydrogens (tertiary/aromatic N) is 1. The van der Waals surface area contributed by atoms with Gasteiger partial charge in [-0.2, -0.15) is 0 Å². The van der Waals surface area contributed by atoms with Crippen LogP contribution < -0.4 is 5.32 Å². The molecular weight excluding hydrogens is 252 g/mol. The molecule has 0 spiro atoms. The molecule has 1 N–H and O–H groups in total. The molecule has 2 nitrogen and oxygen atoms in total. The van der Waals surface area contributed by atoms with Crippen molar-refractivity contribution in [3.63, 3.8) is 0 Å². The summed E-state index contributed by atoms with van der Waals surface area (Å²) in [5.74, 6) is 0. The van der Waals surface area contributed by atoms with Crippen molar-refractivity contribution in [1.29, 1.82) is 0 Å². The van der Waals surface area contributed by atoms with Gasteiger partial charge in [0.1, 0.15) is 0 Å². The fourth-order valence-corrected chi connectivity index (χ4v) is 3.00. The SMILES string of the molecule is CCNC(C)C(C)(C)CN(Cc1cccs1)C(C)C. The Hall–Kier alpha value is -0.380. The fourth-order valence-electron chi connectivity index (χ4n) is 2.27. The highest BCUT2D eigenvalue weighted by atomic mass is 32.1. The minimum Gasteiger partial charge on any atom is -0.314 e. The molecule has 0 saturated carbocycles. The van der Waals surface area contributed by atoms with E-state index >= 15 is 0 Å². The van der Waals surface area contributed by atoms with Gasteiger partial charge in [0.05, 0.1) is 0 Å². The number of rotatable bonds is 8. The van der Waals surface area contributed by atoms with E-state index in [2.05, 4.69) is 69.3 Å². The normalized spacial score (nSPS) is 14.3. The van der Waals surface area contributed by atoms with Crippen molar-refractivity contribution < 1.29 is 0 Å². The first-order valence-corrected chi connectivity index (χ1v) is 8.24. The summed E-state index contributed by atoms with van der Waals surface area (Å²) >= 11 is 1.86. The lowest BCUT2D eigenvalue weighted by atomic mass is 9.84. The highest BCUT2D eigenvalue weighted by molar-refractivity contribution is 7.09. The predicted molar refractivity (Wildman–Crippen MR) is 86.8 cm³/mol. The molecule has 0 aliphatic carbocycles. The highest BCUT2D eigenvalue weighted by Crippen LogP contribution is 2.25. The molecule has 3 heteroatoms. The number of thiophene rings is 1. The molecule has 1 rings (SSSR count). The smallest absolute Gasteiger partial charge is 0.0330 e. The van der Waals surface area contributed by atoms with Crippen LogP contribution in [0.5, 0.6) is 0 Å². The molecule has 110 valence electrons. The van der Waals surface area contributed by atoms with E-state index in [1.54, 1.807) is 0 Å². The van der Waals surface area contributed by atoms with Crippen LogP contribution in [-0.4, -0.2) is 30.1 Å².